The van der Waals surface area contributed by atoms with Crippen LogP contribution in [0.2, 0.25) is 0 Å². The maximum absolute atomic E-state index is 12.7. The zero-order valence-electron chi connectivity index (χ0n) is 16.7. The molecule has 0 unspecified atom stereocenters. The first-order valence-electron chi connectivity index (χ1n) is 9.71. The number of rotatable bonds is 7. The Morgan fingerprint density at radius 2 is 1.86 bits per heavy atom. The van der Waals surface area contributed by atoms with Crippen LogP contribution in [-0.4, -0.2) is 38.1 Å². The molecule has 1 aliphatic heterocycles. The predicted molar refractivity (Wildman–Crippen MR) is 109 cm³/mol. The summed E-state index contributed by atoms with van der Waals surface area (Å²) in [6, 6.07) is 6.69. The van der Waals surface area contributed by atoms with Gasteiger partial charge in [0.05, 0.1) is 23.7 Å². The van der Waals surface area contributed by atoms with Crippen LogP contribution in [0, 0.1) is 13.8 Å². The molecular weight excluding hydrogens is 376 g/mol. The Kier molecular flexibility index (Phi) is 6.51. The van der Waals surface area contributed by atoms with Crippen molar-refractivity contribution in [3.8, 4) is 5.75 Å². The highest BCUT2D eigenvalue weighted by Crippen LogP contribution is 2.22. The van der Waals surface area contributed by atoms with E-state index < -0.39 is 10.0 Å². The van der Waals surface area contributed by atoms with Crippen molar-refractivity contribution in [2.24, 2.45) is 0 Å². The number of anilines is 1. The second-order valence-electron chi connectivity index (χ2n) is 7.03. The highest BCUT2D eigenvalue weighted by molar-refractivity contribution is 7.89. The SMILES string of the molecule is CCOc1ccc(S(=O)(=O)NCc2cc(C)nc(N3CCCCC3)n2)cc1C. The lowest BCUT2D eigenvalue weighted by Crippen LogP contribution is -2.32. The number of sulfonamides is 1. The summed E-state index contributed by atoms with van der Waals surface area (Å²) in [7, 11) is -3.64. The van der Waals surface area contributed by atoms with E-state index in [1.54, 1.807) is 18.2 Å². The van der Waals surface area contributed by atoms with E-state index in [1.165, 1.54) is 6.42 Å². The lowest BCUT2D eigenvalue weighted by molar-refractivity contribution is 0.337. The van der Waals surface area contributed by atoms with Gasteiger partial charge >= 0.3 is 0 Å². The van der Waals surface area contributed by atoms with Crippen molar-refractivity contribution in [1.29, 1.82) is 0 Å². The summed E-state index contributed by atoms with van der Waals surface area (Å²) < 4.78 is 33.5. The summed E-state index contributed by atoms with van der Waals surface area (Å²) >= 11 is 0. The van der Waals surface area contributed by atoms with Crippen molar-refractivity contribution in [1.82, 2.24) is 14.7 Å². The average Bonchev–Trinajstić information content (AvgIpc) is 2.68. The van der Waals surface area contributed by atoms with Crippen LogP contribution in [-0.2, 0) is 16.6 Å². The minimum absolute atomic E-state index is 0.124. The molecule has 0 radical (unpaired) electrons. The first-order valence-corrected chi connectivity index (χ1v) is 11.2. The van der Waals surface area contributed by atoms with Crippen LogP contribution in [0.3, 0.4) is 0 Å². The molecule has 2 aromatic rings. The van der Waals surface area contributed by atoms with Crippen molar-refractivity contribution >= 4 is 16.0 Å². The van der Waals surface area contributed by atoms with Crippen LogP contribution in [0.5, 0.6) is 5.75 Å². The van der Waals surface area contributed by atoms with Crippen molar-refractivity contribution in [2.75, 3.05) is 24.6 Å². The number of hydrogen-bond acceptors (Lipinski definition) is 6. The minimum Gasteiger partial charge on any atom is -0.494 e. The fourth-order valence-electron chi connectivity index (χ4n) is 3.30. The Bertz CT molecular complexity index is 925. The molecule has 7 nitrogen and oxygen atoms in total. The van der Waals surface area contributed by atoms with Gasteiger partial charge in [0.15, 0.2) is 0 Å². The third kappa shape index (κ3) is 4.99. The smallest absolute Gasteiger partial charge is 0.240 e. The second-order valence-corrected chi connectivity index (χ2v) is 8.80. The van der Waals surface area contributed by atoms with Crippen LogP contribution >= 0.6 is 0 Å². The monoisotopic (exact) mass is 404 g/mol. The van der Waals surface area contributed by atoms with E-state index in [-0.39, 0.29) is 11.4 Å². The van der Waals surface area contributed by atoms with E-state index in [4.69, 9.17) is 4.74 Å². The normalized spacial score (nSPS) is 14.9. The highest BCUT2D eigenvalue weighted by atomic mass is 32.2. The highest BCUT2D eigenvalue weighted by Gasteiger charge is 2.18. The van der Waals surface area contributed by atoms with E-state index >= 15 is 0 Å². The number of piperidine rings is 1. The van der Waals surface area contributed by atoms with Gasteiger partial charge in [-0.15, -0.1) is 0 Å². The Morgan fingerprint density at radius 1 is 1.11 bits per heavy atom. The number of nitrogens with zero attached hydrogens (tertiary/aromatic N) is 3. The van der Waals surface area contributed by atoms with Gasteiger partial charge in [-0.2, -0.15) is 0 Å². The largest absolute Gasteiger partial charge is 0.494 e. The molecule has 1 aliphatic rings. The predicted octanol–water partition coefficient (Wildman–Crippen LogP) is 2.96. The molecule has 1 fully saturated rings. The summed E-state index contributed by atoms with van der Waals surface area (Å²) in [4.78, 5) is 11.5. The zero-order chi connectivity index (χ0) is 20.1. The maximum Gasteiger partial charge on any atom is 0.240 e. The van der Waals surface area contributed by atoms with Gasteiger partial charge in [-0.1, -0.05) is 0 Å². The molecule has 28 heavy (non-hydrogen) atoms. The van der Waals surface area contributed by atoms with Crippen molar-refractivity contribution in [3.05, 3.63) is 41.2 Å². The number of aromatic nitrogens is 2. The fourth-order valence-corrected chi connectivity index (χ4v) is 4.39. The first-order chi connectivity index (χ1) is 13.4. The van der Waals surface area contributed by atoms with Gasteiger partial charge in [0.25, 0.3) is 0 Å². The van der Waals surface area contributed by atoms with E-state index in [1.807, 2.05) is 26.8 Å². The summed E-state index contributed by atoms with van der Waals surface area (Å²) in [6.07, 6.45) is 3.50. The summed E-state index contributed by atoms with van der Waals surface area (Å²) in [5.74, 6) is 1.38. The van der Waals surface area contributed by atoms with E-state index in [0.29, 0.717) is 24.0 Å². The molecule has 1 aromatic carbocycles. The van der Waals surface area contributed by atoms with E-state index in [2.05, 4.69) is 19.6 Å². The van der Waals surface area contributed by atoms with E-state index in [9.17, 15) is 8.42 Å². The Morgan fingerprint density at radius 3 is 2.54 bits per heavy atom. The van der Waals surface area contributed by atoms with Gasteiger partial charge in [0.1, 0.15) is 5.75 Å². The van der Waals surface area contributed by atoms with Crippen molar-refractivity contribution in [3.63, 3.8) is 0 Å². The van der Waals surface area contributed by atoms with Crippen LogP contribution < -0.4 is 14.4 Å². The minimum atomic E-state index is -3.64. The summed E-state index contributed by atoms with van der Waals surface area (Å²) in [5.41, 5.74) is 2.29. The third-order valence-electron chi connectivity index (χ3n) is 4.73. The quantitative estimate of drug-likeness (QED) is 0.764. The number of nitrogens with one attached hydrogen (secondary N) is 1. The molecule has 8 heteroatoms. The van der Waals surface area contributed by atoms with Crippen LogP contribution in [0.4, 0.5) is 5.95 Å². The molecule has 0 saturated carbocycles. The molecule has 0 spiro atoms. The maximum atomic E-state index is 12.7. The molecule has 0 aliphatic carbocycles. The molecule has 0 atom stereocenters. The van der Waals surface area contributed by atoms with Gasteiger partial charge in [-0.05, 0) is 69.9 Å². The average molecular weight is 405 g/mol. The summed E-state index contributed by atoms with van der Waals surface area (Å²) in [5, 5.41) is 0. The van der Waals surface area contributed by atoms with Crippen molar-refractivity contribution < 1.29 is 13.2 Å². The van der Waals surface area contributed by atoms with Gasteiger partial charge in [0, 0.05) is 18.8 Å². The van der Waals surface area contributed by atoms with Crippen LogP contribution in [0.1, 0.15) is 43.1 Å². The second kappa shape index (κ2) is 8.87. The standard InChI is InChI=1S/C20H28N4O3S/c1-4-27-19-9-8-18(12-15(19)2)28(25,26)21-14-17-13-16(3)22-20(23-17)24-10-6-5-7-11-24/h8-9,12-13,21H,4-7,10-11,14H2,1-3H3. The van der Waals surface area contributed by atoms with Gasteiger partial charge in [-0.3, -0.25) is 0 Å². The van der Waals surface area contributed by atoms with Crippen molar-refractivity contribution in [2.45, 2.75) is 51.5 Å². The zero-order valence-corrected chi connectivity index (χ0v) is 17.6. The number of ether oxygens (including phenoxy) is 1. The molecule has 1 aromatic heterocycles. The van der Waals surface area contributed by atoms with Gasteiger partial charge in [-0.25, -0.2) is 23.1 Å². The first kappa shape index (κ1) is 20.5. The molecule has 152 valence electrons. The molecule has 0 amide bonds. The van der Waals surface area contributed by atoms with Gasteiger partial charge < -0.3 is 9.64 Å². The van der Waals surface area contributed by atoms with Gasteiger partial charge in [0.2, 0.25) is 16.0 Å². The Hall–Kier alpha value is -2.19. The van der Waals surface area contributed by atoms with Crippen LogP contribution in [0.15, 0.2) is 29.2 Å². The molecular formula is C20H28N4O3S. The number of hydrogen-bond donors (Lipinski definition) is 1. The molecule has 3 rings (SSSR count). The lowest BCUT2D eigenvalue weighted by atomic mass is 10.1. The molecule has 2 heterocycles. The molecule has 1 N–H and O–H groups in total. The molecule has 0 bridgehead atoms. The Labute approximate surface area is 167 Å². The fraction of sp³-hybridized carbons (Fsp3) is 0.500. The molecule has 1 saturated heterocycles. The topological polar surface area (TPSA) is 84.4 Å². The number of benzene rings is 1. The summed E-state index contributed by atoms with van der Waals surface area (Å²) in [6.45, 7) is 8.19. The Balaban J connectivity index is 1.73. The van der Waals surface area contributed by atoms with Crippen LogP contribution in [0.25, 0.3) is 0 Å². The lowest BCUT2D eigenvalue weighted by Gasteiger charge is -2.27. The third-order valence-corrected chi connectivity index (χ3v) is 6.13. The number of aryl methyl sites for hydroxylation is 2. The van der Waals surface area contributed by atoms with E-state index in [0.717, 1.165) is 37.2 Å².